The molecule has 2 heteroatoms. The zero-order valence-corrected chi connectivity index (χ0v) is 8.78. The van der Waals surface area contributed by atoms with Crippen LogP contribution < -0.4 is 0 Å². The van der Waals surface area contributed by atoms with E-state index in [0.29, 0.717) is 0 Å². The summed E-state index contributed by atoms with van der Waals surface area (Å²) in [5.41, 5.74) is 0. The zero-order valence-electron chi connectivity index (χ0n) is 8.78. The first-order chi connectivity index (χ1) is 4.65. The van der Waals surface area contributed by atoms with Crippen molar-refractivity contribution < 1.29 is 5.48 Å². The summed E-state index contributed by atoms with van der Waals surface area (Å²) in [6, 6.07) is 0. The summed E-state index contributed by atoms with van der Waals surface area (Å²) in [6.07, 6.45) is 5.54. The van der Waals surface area contributed by atoms with Crippen LogP contribution in [0, 0.1) is 0 Å². The molecule has 0 fully saturated rings. The lowest BCUT2D eigenvalue weighted by atomic mass is 10.2. The van der Waals surface area contributed by atoms with Crippen molar-refractivity contribution in [3.63, 3.8) is 0 Å². The number of rotatable bonds is 3. The lowest BCUT2D eigenvalue weighted by molar-refractivity contribution is 0.505. The summed E-state index contributed by atoms with van der Waals surface area (Å²) in [4.78, 5) is 2.00. The van der Waals surface area contributed by atoms with E-state index in [1.807, 2.05) is 26.0 Å². The molecule has 0 aliphatic heterocycles. The maximum absolute atomic E-state index is 2.23. The maximum Gasteiger partial charge on any atom is -0.0140 e. The van der Waals surface area contributed by atoms with Crippen LogP contribution in [0.1, 0.15) is 39.5 Å². The van der Waals surface area contributed by atoms with Crippen LogP contribution in [0.4, 0.5) is 0 Å². The van der Waals surface area contributed by atoms with Crippen molar-refractivity contribution in [1.82, 2.24) is 4.90 Å². The van der Waals surface area contributed by atoms with Crippen molar-refractivity contribution in [3.05, 3.63) is 0 Å². The second-order valence-corrected chi connectivity index (χ2v) is 3.05. The highest BCUT2D eigenvalue weighted by Gasteiger charge is 1.75. The smallest absolute Gasteiger partial charge is 0.0140 e. The molecule has 11 heavy (non-hydrogen) atoms. The third-order valence-electron chi connectivity index (χ3n) is 0.957. The second-order valence-electron chi connectivity index (χ2n) is 3.05. The maximum atomic E-state index is 2.23. The van der Waals surface area contributed by atoms with Crippen molar-refractivity contribution in [3.8, 4) is 0 Å². The fourth-order valence-electron chi connectivity index (χ4n) is 0.500. The van der Waals surface area contributed by atoms with Gasteiger partial charge in [-0.3, -0.25) is 0 Å². The number of nitrogens with zero attached hydrogens (tertiary/aromatic N) is 1. The molecule has 2 nitrogen and oxygen atoms in total. The van der Waals surface area contributed by atoms with E-state index >= 15 is 0 Å². The highest BCUT2D eigenvalue weighted by Crippen LogP contribution is 1.95. The van der Waals surface area contributed by atoms with Gasteiger partial charge in [0.2, 0.25) is 0 Å². The van der Waals surface area contributed by atoms with Crippen molar-refractivity contribution in [1.29, 1.82) is 0 Å². The highest BCUT2D eigenvalue weighted by atomic mass is 16.0. The van der Waals surface area contributed by atoms with E-state index in [0.717, 1.165) is 0 Å². The van der Waals surface area contributed by atoms with Crippen LogP contribution in [0.25, 0.3) is 0 Å². The Labute approximate surface area is 71.9 Å². The summed E-state index contributed by atoms with van der Waals surface area (Å²) < 4.78 is 0. The minimum Gasteiger partial charge on any atom is -0.412 e. The predicted molar refractivity (Wildman–Crippen MR) is 53.0 cm³/mol. The first-order valence-corrected chi connectivity index (χ1v) is 4.26. The highest BCUT2D eigenvalue weighted by molar-refractivity contribution is 4.31. The number of hydrogen-bond donors (Lipinski definition) is 0. The molecule has 0 spiro atoms. The van der Waals surface area contributed by atoms with Crippen molar-refractivity contribution >= 4 is 0 Å². The molecule has 0 aromatic carbocycles. The molecular formula is C9H25NO. The molecule has 0 aromatic heterocycles. The van der Waals surface area contributed by atoms with Gasteiger partial charge in [0.15, 0.2) is 0 Å². The Kier molecular flexibility index (Phi) is 25.7. The van der Waals surface area contributed by atoms with Crippen molar-refractivity contribution in [2.75, 3.05) is 21.1 Å². The van der Waals surface area contributed by atoms with Crippen molar-refractivity contribution in [2.24, 2.45) is 0 Å². The molecule has 0 aliphatic carbocycles. The molecule has 0 atom stereocenters. The summed E-state index contributed by atoms with van der Waals surface area (Å²) in [5, 5.41) is 0. The van der Waals surface area contributed by atoms with E-state index in [9.17, 15) is 0 Å². The van der Waals surface area contributed by atoms with Gasteiger partial charge >= 0.3 is 0 Å². The summed E-state index contributed by atoms with van der Waals surface area (Å²) in [7, 11) is 6.00. The Balaban J connectivity index is -0.000000114. The van der Waals surface area contributed by atoms with E-state index in [1.165, 1.54) is 25.7 Å². The monoisotopic (exact) mass is 163 g/mol. The standard InChI is InChI=1S/C6H14.C3H9N.H2O/c1-3-5-6-4-2;1-4(2)3;/h3-6H2,1-2H3;1-3H3;1H2. The molecule has 0 aromatic rings. The van der Waals surface area contributed by atoms with Gasteiger partial charge in [0.05, 0.1) is 0 Å². The summed E-state index contributed by atoms with van der Waals surface area (Å²) >= 11 is 0. The fourth-order valence-corrected chi connectivity index (χ4v) is 0.500. The van der Waals surface area contributed by atoms with Crippen LogP contribution in [0.2, 0.25) is 0 Å². The normalized spacial score (nSPS) is 8.18. The molecule has 0 aliphatic rings. The molecule has 0 amide bonds. The van der Waals surface area contributed by atoms with Crippen LogP contribution in [-0.4, -0.2) is 31.5 Å². The van der Waals surface area contributed by atoms with Crippen LogP contribution in [0.5, 0.6) is 0 Å². The number of hydrogen-bond acceptors (Lipinski definition) is 1. The van der Waals surface area contributed by atoms with E-state index in [-0.39, 0.29) is 5.48 Å². The van der Waals surface area contributed by atoms with Crippen LogP contribution in [0.15, 0.2) is 0 Å². The second kappa shape index (κ2) is 16.5. The third kappa shape index (κ3) is 73.0. The van der Waals surface area contributed by atoms with Gasteiger partial charge < -0.3 is 10.4 Å². The Hall–Kier alpha value is -0.0800. The summed E-state index contributed by atoms with van der Waals surface area (Å²) in [6.45, 7) is 4.46. The van der Waals surface area contributed by atoms with Crippen LogP contribution in [0.3, 0.4) is 0 Å². The van der Waals surface area contributed by atoms with Gasteiger partial charge in [-0.05, 0) is 21.1 Å². The lowest BCUT2D eigenvalue weighted by Crippen LogP contribution is -1.99. The first-order valence-electron chi connectivity index (χ1n) is 4.26. The van der Waals surface area contributed by atoms with Crippen LogP contribution in [-0.2, 0) is 0 Å². The SMILES string of the molecule is CCCCCC.CN(C)C.O. The van der Waals surface area contributed by atoms with Gasteiger partial charge in [0, 0.05) is 0 Å². The Bertz CT molecular complexity index is 40.1. The van der Waals surface area contributed by atoms with E-state index in [4.69, 9.17) is 0 Å². The van der Waals surface area contributed by atoms with Gasteiger partial charge in [-0.2, -0.15) is 0 Å². The third-order valence-corrected chi connectivity index (χ3v) is 0.957. The molecule has 2 N–H and O–H groups in total. The number of unbranched alkanes of at least 4 members (excludes halogenated alkanes) is 3. The zero-order chi connectivity index (χ0) is 8.41. The molecule has 0 saturated carbocycles. The molecule has 0 saturated heterocycles. The van der Waals surface area contributed by atoms with Crippen molar-refractivity contribution in [2.45, 2.75) is 39.5 Å². The Morgan fingerprint density at radius 3 is 1.09 bits per heavy atom. The molecule has 0 bridgehead atoms. The fraction of sp³-hybridized carbons (Fsp3) is 1.00. The topological polar surface area (TPSA) is 34.7 Å². The average molecular weight is 163 g/mol. The molecule has 0 heterocycles. The van der Waals surface area contributed by atoms with Gasteiger partial charge in [0.25, 0.3) is 0 Å². The van der Waals surface area contributed by atoms with Gasteiger partial charge in [-0.1, -0.05) is 39.5 Å². The molecule has 72 valence electrons. The first kappa shape index (κ1) is 17.1. The molecule has 0 rings (SSSR count). The van der Waals surface area contributed by atoms with Crippen LogP contribution >= 0.6 is 0 Å². The lowest BCUT2D eigenvalue weighted by Gasteiger charge is -1.90. The molecule has 0 unspecified atom stereocenters. The minimum atomic E-state index is 0. The Morgan fingerprint density at radius 2 is 1.00 bits per heavy atom. The van der Waals surface area contributed by atoms with E-state index in [2.05, 4.69) is 13.8 Å². The summed E-state index contributed by atoms with van der Waals surface area (Å²) in [5.74, 6) is 0. The van der Waals surface area contributed by atoms with Gasteiger partial charge in [-0.15, -0.1) is 0 Å². The van der Waals surface area contributed by atoms with E-state index < -0.39 is 0 Å². The van der Waals surface area contributed by atoms with E-state index in [1.54, 1.807) is 0 Å². The molecular weight excluding hydrogens is 138 g/mol. The Morgan fingerprint density at radius 1 is 0.818 bits per heavy atom. The predicted octanol–water partition coefficient (Wildman–Crippen LogP) is 1.94. The van der Waals surface area contributed by atoms with Gasteiger partial charge in [-0.25, -0.2) is 0 Å². The quantitative estimate of drug-likeness (QED) is 0.585. The minimum absolute atomic E-state index is 0. The largest absolute Gasteiger partial charge is 0.412 e. The average Bonchev–Trinajstić information content (AvgIpc) is 1.82. The molecule has 0 radical (unpaired) electrons. The van der Waals surface area contributed by atoms with Gasteiger partial charge in [0.1, 0.15) is 0 Å².